The molecule has 0 aliphatic heterocycles. The molecule has 0 radical (unpaired) electrons. The van der Waals surface area contributed by atoms with Crippen molar-refractivity contribution in [3.05, 3.63) is 39.4 Å². The Bertz CT molecular complexity index is 392. The van der Waals surface area contributed by atoms with E-state index in [-0.39, 0.29) is 12.0 Å². The fraction of sp³-hybridized carbons (Fsp3) is 0.125. The predicted molar refractivity (Wildman–Crippen MR) is 42.8 cm³/mol. The summed E-state index contributed by atoms with van der Waals surface area (Å²) in [5.41, 5.74) is -0.722. The molecule has 0 unspecified atom stereocenters. The van der Waals surface area contributed by atoms with Crippen LogP contribution in [-0.4, -0.2) is 11.2 Å². The maximum Gasteiger partial charge on any atom is 0.276 e. The average Bonchev–Trinajstić information content (AvgIpc) is 2.11. The minimum atomic E-state index is -1.30. The molecule has 1 rings (SSSR count). The van der Waals surface area contributed by atoms with Gasteiger partial charge in [0.1, 0.15) is 6.29 Å². The Kier molecular flexibility index (Phi) is 2.85. The molecule has 0 fully saturated rings. The van der Waals surface area contributed by atoms with Crippen LogP contribution in [0.3, 0.4) is 0 Å². The van der Waals surface area contributed by atoms with Crippen LogP contribution in [0.5, 0.6) is 0 Å². The van der Waals surface area contributed by atoms with Crippen molar-refractivity contribution < 1.29 is 18.5 Å². The number of halogens is 2. The quantitative estimate of drug-likeness (QED) is 0.424. The van der Waals surface area contributed by atoms with E-state index >= 15 is 0 Å². The fourth-order valence-corrected chi connectivity index (χ4v) is 1.00. The maximum absolute atomic E-state index is 12.6. The molecule has 0 aliphatic rings. The number of benzene rings is 1. The Morgan fingerprint density at radius 3 is 2.43 bits per heavy atom. The third-order valence-electron chi connectivity index (χ3n) is 1.62. The lowest BCUT2D eigenvalue weighted by Gasteiger charge is -1.99. The molecule has 0 atom stereocenters. The van der Waals surface area contributed by atoms with Crippen molar-refractivity contribution >= 4 is 12.0 Å². The standard InChI is InChI=1S/C8H5F2NO3/c9-6-3-5(1-2-12)8(11(13)14)4-7(6)10/h2-4H,1H2. The zero-order valence-corrected chi connectivity index (χ0v) is 6.87. The van der Waals surface area contributed by atoms with Crippen molar-refractivity contribution in [1.82, 2.24) is 0 Å². The van der Waals surface area contributed by atoms with E-state index in [1.807, 2.05) is 0 Å². The van der Waals surface area contributed by atoms with Crippen molar-refractivity contribution in [2.45, 2.75) is 6.42 Å². The molecule has 1 aromatic rings. The summed E-state index contributed by atoms with van der Waals surface area (Å²) in [6.45, 7) is 0. The molecule has 0 bridgehead atoms. The van der Waals surface area contributed by atoms with Gasteiger partial charge in [-0.05, 0) is 6.07 Å². The van der Waals surface area contributed by atoms with Crippen LogP contribution < -0.4 is 0 Å². The van der Waals surface area contributed by atoms with Crippen LogP contribution in [0.15, 0.2) is 12.1 Å². The molecular formula is C8H5F2NO3. The van der Waals surface area contributed by atoms with Crippen molar-refractivity contribution in [3.63, 3.8) is 0 Å². The Balaban J connectivity index is 3.30. The van der Waals surface area contributed by atoms with Gasteiger partial charge in [0.15, 0.2) is 11.6 Å². The van der Waals surface area contributed by atoms with Gasteiger partial charge in [0.25, 0.3) is 5.69 Å². The van der Waals surface area contributed by atoms with Gasteiger partial charge in [-0.2, -0.15) is 0 Å². The Labute approximate surface area is 77.3 Å². The van der Waals surface area contributed by atoms with Crippen LogP contribution in [0.4, 0.5) is 14.5 Å². The summed E-state index contributed by atoms with van der Waals surface area (Å²) in [6.07, 6.45) is 0.0766. The van der Waals surface area contributed by atoms with Crippen molar-refractivity contribution in [1.29, 1.82) is 0 Å². The highest BCUT2D eigenvalue weighted by Crippen LogP contribution is 2.22. The van der Waals surface area contributed by atoms with Crippen molar-refractivity contribution in [2.75, 3.05) is 0 Å². The molecule has 0 spiro atoms. The minimum Gasteiger partial charge on any atom is -0.303 e. The third kappa shape index (κ3) is 1.90. The number of rotatable bonds is 3. The molecule has 0 aliphatic carbocycles. The molecule has 0 saturated carbocycles. The largest absolute Gasteiger partial charge is 0.303 e. The molecule has 0 aromatic heterocycles. The number of hydrogen-bond donors (Lipinski definition) is 0. The highest BCUT2D eigenvalue weighted by molar-refractivity contribution is 5.59. The van der Waals surface area contributed by atoms with E-state index in [2.05, 4.69) is 0 Å². The summed E-state index contributed by atoms with van der Waals surface area (Å²) in [5, 5.41) is 10.4. The molecule has 6 heteroatoms. The zero-order valence-electron chi connectivity index (χ0n) is 6.87. The van der Waals surface area contributed by atoms with Crippen LogP contribution in [0.2, 0.25) is 0 Å². The second-order valence-electron chi connectivity index (χ2n) is 2.52. The minimum absolute atomic E-state index is 0.135. The highest BCUT2D eigenvalue weighted by atomic mass is 19.2. The predicted octanol–water partition coefficient (Wildman–Crippen LogP) is 1.61. The normalized spacial score (nSPS) is 9.86. The Morgan fingerprint density at radius 2 is 1.93 bits per heavy atom. The first-order chi connectivity index (χ1) is 6.56. The number of nitro groups is 1. The van der Waals surface area contributed by atoms with Gasteiger partial charge in [0, 0.05) is 12.0 Å². The lowest BCUT2D eigenvalue weighted by molar-refractivity contribution is -0.385. The second kappa shape index (κ2) is 3.91. The van der Waals surface area contributed by atoms with E-state index in [1.165, 1.54) is 0 Å². The van der Waals surface area contributed by atoms with Crippen LogP contribution in [0, 0.1) is 21.7 Å². The number of nitro benzene ring substituents is 1. The van der Waals surface area contributed by atoms with Crippen LogP contribution in [0.1, 0.15) is 5.56 Å². The molecule has 1 aromatic carbocycles. The van der Waals surface area contributed by atoms with Gasteiger partial charge in [-0.25, -0.2) is 8.78 Å². The van der Waals surface area contributed by atoms with Crippen LogP contribution >= 0.6 is 0 Å². The SMILES string of the molecule is O=CCc1cc(F)c(F)cc1[N+](=O)[O-]. The topological polar surface area (TPSA) is 60.2 Å². The van der Waals surface area contributed by atoms with Crippen LogP contribution in [-0.2, 0) is 11.2 Å². The van der Waals surface area contributed by atoms with Gasteiger partial charge < -0.3 is 4.79 Å². The molecule has 0 amide bonds. The molecule has 0 saturated heterocycles. The maximum atomic E-state index is 12.6. The lowest BCUT2D eigenvalue weighted by atomic mass is 10.1. The van der Waals surface area contributed by atoms with Crippen molar-refractivity contribution in [2.24, 2.45) is 0 Å². The summed E-state index contributed by atoms with van der Waals surface area (Å²) in [5.74, 6) is -2.50. The van der Waals surface area contributed by atoms with E-state index in [4.69, 9.17) is 0 Å². The Morgan fingerprint density at radius 1 is 1.36 bits per heavy atom. The van der Waals surface area contributed by atoms with E-state index < -0.39 is 22.2 Å². The first kappa shape index (κ1) is 10.2. The van der Waals surface area contributed by atoms with Gasteiger partial charge in [0.2, 0.25) is 0 Å². The molecule has 14 heavy (non-hydrogen) atoms. The van der Waals surface area contributed by atoms with Gasteiger partial charge in [-0.15, -0.1) is 0 Å². The van der Waals surface area contributed by atoms with E-state index in [9.17, 15) is 23.7 Å². The zero-order chi connectivity index (χ0) is 10.7. The molecule has 4 nitrogen and oxygen atoms in total. The molecular weight excluding hydrogens is 196 g/mol. The lowest BCUT2D eigenvalue weighted by Crippen LogP contribution is -1.99. The van der Waals surface area contributed by atoms with E-state index in [0.717, 1.165) is 0 Å². The number of carbonyl (C=O) groups excluding carboxylic acids is 1. The summed E-state index contributed by atoms with van der Waals surface area (Å²) in [6, 6.07) is 1.12. The Hall–Kier alpha value is -1.85. The number of hydrogen-bond acceptors (Lipinski definition) is 3. The van der Waals surface area contributed by atoms with Crippen LogP contribution in [0.25, 0.3) is 0 Å². The number of aldehydes is 1. The highest BCUT2D eigenvalue weighted by Gasteiger charge is 2.17. The van der Waals surface area contributed by atoms with E-state index in [0.29, 0.717) is 18.4 Å². The summed E-state index contributed by atoms with van der Waals surface area (Å²) in [4.78, 5) is 19.6. The van der Waals surface area contributed by atoms with Gasteiger partial charge >= 0.3 is 0 Å². The van der Waals surface area contributed by atoms with Gasteiger partial charge in [-0.1, -0.05) is 0 Å². The average molecular weight is 201 g/mol. The van der Waals surface area contributed by atoms with Gasteiger partial charge in [-0.3, -0.25) is 10.1 Å². The fourth-order valence-electron chi connectivity index (χ4n) is 1.00. The smallest absolute Gasteiger partial charge is 0.276 e. The summed E-state index contributed by atoms with van der Waals surface area (Å²) in [7, 11) is 0. The first-order valence-electron chi connectivity index (χ1n) is 3.62. The first-order valence-corrected chi connectivity index (χ1v) is 3.62. The van der Waals surface area contributed by atoms with E-state index in [1.54, 1.807) is 0 Å². The molecule has 0 heterocycles. The third-order valence-corrected chi connectivity index (χ3v) is 1.62. The number of nitrogens with zero attached hydrogens (tertiary/aromatic N) is 1. The number of carbonyl (C=O) groups is 1. The van der Waals surface area contributed by atoms with Gasteiger partial charge in [0.05, 0.1) is 11.0 Å². The second-order valence-corrected chi connectivity index (χ2v) is 2.52. The summed E-state index contributed by atoms with van der Waals surface area (Å²) < 4.78 is 25.2. The monoisotopic (exact) mass is 201 g/mol. The molecule has 0 N–H and O–H groups in total. The molecule has 74 valence electrons. The summed E-state index contributed by atoms with van der Waals surface area (Å²) >= 11 is 0. The van der Waals surface area contributed by atoms with Crippen molar-refractivity contribution in [3.8, 4) is 0 Å².